The normalized spacial score (nSPS) is 11.6. The molecule has 0 aliphatic rings. The van der Waals surface area contributed by atoms with Gasteiger partial charge in [0.1, 0.15) is 4.90 Å². The van der Waals surface area contributed by atoms with E-state index in [2.05, 4.69) is 21.0 Å². The second kappa shape index (κ2) is 4.13. The minimum Gasteiger partial charge on any atom is -0.398 e. The van der Waals surface area contributed by atoms with E-state index in [-0.39, 0.29) is 10.6 Å². The molecule has 17 heavy (non-hydrogen) atoms. The summed E-state index contributed by atoms with van der Waals surface area (Å²) in [4.78, 5) is -0.0903. The Morgan fingerprint density at radius 1 is 1.35 bits per heavy atom. The summed E-state index contributed by atoms with van der Waals surface area (Å²) in [6, 6.07) is 4.43. The number of hydrogen-bond donors (Lipinski definition) is 2. The Labute approximate surface area is 106 Å². The topological polar surface area (TPSA) is 104 Å². The van der Waals surface area contributed by atoms with Gasteiger partial charge < -0.3 is 5.73 Å². The number of nitrogens with two attached hydrogens (primary N) is 2. The van der Waals surface area contributed by atoms with E-state index in [0.29, 0.717) is 5.69 Å². The molecule has 0 fully saturated rings. The molecule has 2 aromatic rings. The van der Waals surface area contributed by atoms with Gasteiger partial charge >= 0.3 is 0 Å². The fraction of sp³-hybridized carbons (Fsp3) is 0. The summed E-state index contributed by atoms with van der Waals surface area (Å²) >= 11 is 3.26. The van der Waals surface area contributed by atoms with Crippen LogP contribution in [-0.2, 0) is 10.0 Å². The number of nitrogens with zero attached hydrogens (tertiary/aromatic N) is 2. The molecule has 2 rings (SSSR count). The summed E-state index contributed by atoms with van der Waals surface area (Å²) in [5, 5.41) is 9.07. The predicted octanol–water partition coefficient (Wildman–Crippen LogP) is 0.864. The third-order valence-corrected chi connectivity index (χ3v) is 3.51. The molecule has 0 saturated carbocycles. The van der Waals surface area contributed by atoms with Gasteiger partial charge in [-0.2, -0.15) is 5.10 Å². The van der Waals surface area contributed by atoms with Crippen LogP contribution in [0.2, 0.25) is 0 Å². The van der Waals surface area contributed by atoms with Gasteiger partial charge in [0, 0.05) is 6.20 Å². The average molecular weight is 317 g/mol. The summed E-state index contributed by atoms with van der Waals surface area (Å²) in [6.07, 6.45) is 3.34. The van der Waals surface area contributed by atoms with Crippen molar-refractivity contribution in [1.82, 2.24) is 9.78 Å². The molecule has 0 atom stereocenters. The van der Waals surface area contributed by atoms with Crippen LogP contribution in [0.4, 0.5) is 5.69 Å². The highest BCUT2D eigenvalue weighted by Gasteiger charge is 2.12. The first-order chi connectivity index (χ1) is 7.88. The minimum absolute atomic E-state index is 0.0903. The van der Waals surface area contributed by atoms with Crippen LogP contribution < -0.4 is 10.9 Å². The highest BCUT2D eigenvalue weighted by molar-refractivity contribution is 9.10. The van der Waals surface area contributed by atoms with Crippen molar-refractivity contribution in [3.8, 4) is 5.69 Å². The molecule has 90 valence electrons. The Bertz CT molecular complexity index is 665. The number of halogens is 1. The average Bonchev–Trinajstić information content (AvgIpc) is 2.62. The van der Waals surface area contributed by atoms with Crippen molar-refractivity contribution in [2.24, 2.45) is 5.14 Å². The first-order valence-electron chi connectivity index (χ1n) is 4.51. The van der Waals surface area contributed by atoms with Crippen LogP contribution in [0.25, 0.3) is 5.69 Å². The molecule has 0 spiro atoms. The molecule has 1 aromatic carbocycles. The van der Waals surface area contributed by atoms with Crippen LogP contribution >= 0.6 is 15.9 Å². The lowest BCUT2D eigenvalue weighted by atomic mass is 10.3. The third kappa shape index (κ3) is 2.48. The van der Waals surface area contributed by atoms with E-state index in [1.165, 1.54) is 12.1 Å². The van der Waals surface area contributed by atoms with Crippen LogP contribution in [0.15, 0.2) is 40.0 Å². The number of sulfonamides is 1. The number of hydrogen-bond acceptors (Lipinski definition) is 4. The molecule has 6 nitrogen and oxygen atoms in total. The van der Waals surface area contributed by atoms with E-state index in [4.69, 9.17) is 10.9 Å². The summed E-state index contributed by atoms with van der Waals surface area (Å²) < 4.78 is 24.7. The third-order valence-electron chi connectivity index (χ3n) is 2.12. The largest absolute Gasteiger partial charge is 0.398 e. The molecule has 0 aliphatic carbocycles. The quantitative estimate of drug-likeness (QED) is 0.802. The number of rotatable bonds is 2. The van der Waals surface area contributed by atoms with Crippen LogP contribution in [0.1, 0.15) is 0 Å². The maximum absolute atomic E-state index is 11.2. The number of benzene rings is 1. The molecule has 0 radical (unpaired) electrons. The van der Waals surface area contributed by atoms with Crippen LogP contribution in [0.3, 0.4) is 0 Å². The SMILES string of the molecule is Nc1cc(-n2cc(Br)cn2)ccc1S(N)(=O)=O. The summed E-state index contributed by atoms with van der Waals surface area (Å²) in [5.41, 5.74) is 6.39. The van der Waals surface area contributed by atoms with Gasteiger partial charge in [-0.1, -0.05) is 0 Å². The smallest absolute Gasteiger partial charge is 0.240 e. The van der Waals surface area contributed by atoms with E-state index in [0.717, 1.165) is 4.47 Å². The van der Waals surface area contributed by atoms with E-state index in [1.807, 2.05) is 0 Å². The van der Waals surface area contributed by atoms with E-state index in [1.54, 1.807) is 23.1 Å². The Kier molecular flexibility index (Phi) is 2.94. The second-order valence-corrected chi connectivity index (χ2v) is 5.82. The van der Waals surface area contributed by atoms with E-state index >= 15 is 0 Å². The van der Waals surface area contributed by atoms with E-state index < -0.39 is 10.0 Å². The fourth-order valence-corrected chi connectivity index (χ4v) is 2.31. The number of primary sulfonamides is 1. The second-order valence-electron chi connectivity index (χ2n) is 3.37. The summed E-state index contributed by atoms with van der Waals surface area (Å²) in [7, 11) is -3.79. The van der Waals surface area contributed by atoms with Gasteiger partial charge in [-0.05, 0) is 34.1 Å². The zero-order valence-corrected chi connectivity index (χ0v) is 10.9. The summed E-state index contributed by atoms with van der Waals surface area (Å²) in [6.45, 7) is 0. The number of aromatic nitrogens is 2. The van der Waals surface area contributed by atoms with Gasteiger partial charge in [0.05, 0.1) is 22.0 Å². The molecule has 0 bridgehead atoms. The lowest BCUT2D eigenvalue weighted by molar-refractivity contribution is 0.598. The van der Waals surface area contributed by atoms with Gasteiger partial charge in [-0.25, -0.2) is 18.2 Å². The molecule has 4 N–H and O–H groups in total. The molecular weight excluding hydrogens is 308 g/mol. The van der Waals surface area contributed by atoms with Crippen molar-refractivity contribution in [2.45, 2.75) is 4.90 Å². The number of nitrogen functional groups attached to an aromatic ring is 1. The molecule has 0 saturated heterocycles. The van der Waals surface area contributed by atoms with Crippen LogP contribution in [0.5, 0.6) is 0 Å². The summed E-state index contributed by atoms with van der Waals surface area (Å²) in [5.74, 6) is 0. The zero-order valence-electron chi connectivity index (χ0n) is 8.54. The first-order valence-corrected chi connectivity index (χ1v) is 6.85. The molecule has 8 heteroatoms. The number of anilines is 1. The molecule has 0 amide bonds. The van der Waals surface area contributed by atoms with Crippen molar-refractivity contribution in [2.75, 3.05) is 5.73 Å². The molecule has 0 unspecified atom stereocenters. The fourth-order valence-electron chi connectivity index (χ4n) is 1.38. The first kappa shape index (κ1) is 12.1. The highest BCUT2D eigenvalue weighted by atomic mass is 79.9. The minimum atomic E-state index is -3.79. The Balaban J connectivity index is 2.52. The van der Waals surface area contributed by atoms with Crippen molar-refractivity contribution in [3.63, 3.8) is 0 Å². The van der Waals surface area contributed by atoms with Gasteiger partial charge in [0.15, 0.2) is 0 Å². The van der Waals surface area contributed by atoms with Crippen molar-refractivity contribution in [1.29, 1.82) is 0 Å². The van der Waals surface area contributed by atoms with Crippen molar-refractivity contribution >= 4 is 31.6 Å². The van der Waals surface area contributed by atoms with Crippen LogP contribution in [0, 0.1) is 0 Å². The Hall–Kier alpha value is -1.38. The molecular formula is C9H9BrN4O2S. The lowest BCUT2D eigenvalue weighted by Crippen LogP contribution is -2.14. The predicted molar refractivity (Wildman–Crippen MR) is 67.0 cm³/mol. The Morgan fingerprint density at radius 3 is 2.53 bits per heavy atom. The maximum Gasteiger partial charge on any atom is 0.240 e. The van der Waals surface area contributed by atoms with Gasteiger partial charge in [0.25, 0.3) is 0 Å². The maximum atomic E-state index is 11.2. The van der Waals surface area contributed by atoms with Crippen LogP contribution in [-0.4, -0.2) is 18.2 Å². The van der Waals surface area contributed by atoms with Crippen molar-refractivity contribution < 1.29 is 8.42 Å². The standard InChI is InChI=1S/C9H9BrN4O2S/c10-6-4-13-14(5-6)7-1-2-9(8(11)3-7)17(12,15)16/h1-5H,11H2,(H2,12,15,16). The Morgan fingerprint density at radius 2 is 2.06 bits per heavy atom. The van der Waals surface area contributed by atoms with Gasteiger partial charge in [-0.3, -0.25) is 0 Å². The molecule has 0 aliphatic heterocycles. The van der Waals surface area contributed by atoms with Gasteiger partial charge in [-0.15, -0.1) is 0 Å². The monoisotopic (exact) mass is 316 g/mol. The van der Waals surface area contributed by atoms with Gasteiger partial charge in [0.2, 0.25) is 10.0 Å². The van der Waals surface area contributed by atoms with Crippen molar-refractivity contribution in [3.05, 3.63) is 35.1 Å². The lowest BCUT2D eigenvalue weighted by Gasteiger charge is -2.06. The molecule has 1 aromatic heterocycles. The highest BCUT2D eigenvalue weighted by Crippen LogP contribution is 2.21. The van der Waals surface area contributed by atoms with E-state index in [9.17, 15) is 8.42 Å². The molecule has 1 heterocycles. The zero-order chi connectivity index (χ0) is 12.6.